The van der Waals surface area contributed by atoms with Crippen molar-refractivity contribution >= 4 is 17.2 Å². The van der Waals surface area contributed by atoms with Gasteiger partial charge in [0.15, 0.2) is 5.65 Å². The number of hydrogen-bond acceptors (Lipinski definition) is 5. The molecule has 1 amide bonds. The molecule has 3 aromatic heterocycles. The fourth-order valence-corrected chi connectivity index (χ4v) is 3.36. The van der Waals surface area contributed by atoms with E-state index >= 15 is 0 Å². The van der Waals surface area contributed by atoms with Gasteiger partial charge in [0.25, 0.3) is 11.8 Å². The topological polar surface area (TPSA) is 86.3 Å². The van der Waals surface area contributed by atoms with E-state index in [1.165, 1.54) is 27.8 Å². The zero-order valence-corrected chi connectivity index (χ0v) is 14.7. The summed E-state index contributed by atoms with van der Waals surface area (Å²) in [4.78, 5) is 16.7. The number of carbonyl (C=O) groups excluding carboxylic acids is 1. The lowest BCUT2D eigenvalue weighted by Gasteiger charge is -2.21. The normalized spacial score (nSPS) is 15.7. The van der Waals surface area contributed by atoms with Crippen LogP contribution in [0.4, 0.5) is 18.9 Å². The highest BCUT2D eigenvalue weighted by Crippen LogP contribution is 2.34. The van der Waals surface area contributed by atoms with E-state index in [9.17, 15) is 18.0 Å². The van der Waals surface area contributed by atoms with Gasteiger partial charge in [-0.2, -0.15) is 5.10 Å². The molecule has 4 rings (SSSR count). The number of aromatic nitrogens is 5. The Bertz CT molecular complexity index is 990. The highest BCUT2D eigenvalue weighted by atomic mass is 19.4. The van der Waals surface area contributed by atoms with Crippen LogP contribution in [0.1, 0.15) is 48.5 Å². The summed E-state index contributed by atoms with van der Waals surface area (Å²) in [5.41, 5.74) is 0.269. The molecule has 1 N–H and O–H groups in total. The monoisotopic (exact) mass is 394 g/mol. The quantitative estimate of drug-likeness (QED) is 0.731. The van der Waals surface area contributed by atoms with Crippen LogP contribution in [0.5, 0.6) is 5.88 Å². The molecule has 0 spiro atoms. The molecule has 1 aliphatic carbocycles. The Morgan fingerprint density at radius 2 is 2.04 bits per heavy atom. The zero-order chi connectivity index (χ0) is 19.7. The van der Waals surface area contributed by atoms with Gasteiger partial charge in [-0.3, -0.25) is 9.48 Å². The third-order valence-electron chi connectivity index (χ3n) is 4.63. The minimum atomic E-state index is -4.92. The summed E-state index contributed by atoms with van der Waals surface area (Å²) in [6.07, 6.45) is 5.56. The lowest BCUT2D eigenvalue weighted by atomic mass is 9.96. The van der Waals surface area contributed by atoms with Crippen molar-refractivity contribution in [3.05, 3.63) is 36.4 Å². The minimum absolute atomic E-state index is 0.0198. The molecule has 0 saturated heterocycles. The van der Waals surface area contributed by atoms with Crippen LogP contribution < -0.4 is 10.1 Å². The molecule has 11 heteroatoms. The minimum Gasteiger partial charge on any atom is -0.384 e. The Kier molecular flexibility index (Phi) is 4.65. The van der Waals surface area contributed by atoms with Gasteiger partial charge >= 0.3 is 6.36 Å². The number of carbonyl (C=O) groups is 1. The first-order chi connectivity index (χ1) is 13.4. The number of rotatable bonds is 4. The number of hydrogen-bond donors (Lipinski definition) is 1. The van der Waals surface area contributed by atoms with Crippen molar-refractivity contribution in [3.8, 4) is 5.88 Å². The summed E-state index contributed by atoms with van der Waals surface area (Å²) < 4.78 is 45.2. The predicted octanol–water partition coefficient (Wildman–Crippen LogP) is 3.58. The van der Waals surface area contributed by atoms with Crippen LogP contribution in [0.15, 0.2) is 30.9 Å². The number of anilines is 1. The van der Waals surface area contributed by atoms with Gasteiger partial charge in [0.1, 0.15) is 11.3 Å². The maximum atomic E-state index is 12.8. The molecule has 1 fully saturated rings. The molecule has 8 nitrogen and oxygen atoms in total. The van der Waals surface area contributed by atoms with E-state index in [1.54, 1.807) is 12.3 Å². The van der Waals surface area contributed by atoms with Crippen molar-refractivity contribution in [3.63, 3.8) is 0 Å². The smallest absolute Gasteiger partial charge is 0.384 e. The van der Waals surface area contributed by atoms with E-state index in [0.29, 0.717) is 0 Å². The number of nitrogens with zero attached hydrogens (tertiary/aromatic N) is 5. The molecular weight excluding hydrogens is 377 g/mol. The van der Waals surface area contributed by atoms with Gasteiger partial charge in [0.05, 0.1) is 18.4 Å². The third-order valence-corrected chi connectivity index (χ3v) is 4.63. The Balaban J connectivity index is 1.63. The molecule has 3 aromatic rings. The Hall–Kier alpha value is -3.11. The summed E-state index contributed by atoms with van der Waals surface area (Å²) in [6, 6.07) is 1.62. The molecule has 0 bridgehead atoms. The van der Waals surface area contributed by atoms with Gasteiger partial charge in [0, 0.05) is 12.4 Å². The maximum absolute atomic E-state index is 12.8. The number of amides is 1. The average Bonchev–Trinajstić information content (AvgIpc) is 3.26. The van der Waals surface area contributed by atoms with Crippen LogP contribution in [0.2, 0.25) is 0 Å². The summed E-state index contributed by atoms with van der Waals surface area (Å²) in [5.74, 6) is -1.33. The molecule has 1 aliphatic rings. The van der Waals surface area contributed by atoms with Crippen molar-refractivity contribution in [1.82, 2.24) is 24.4 Å². The van der Waals surface area contributed by atoms with Crippen molar-refractivity contribution < 1.29 is 22.7 Å². The first-order valence-corrected chi connectivity index (χ1v) is 8.85. The second kappa shape index (κ2) is 7.13. The number of alkyl halides is 3. The molecule has 0 aromatic carbocycles. The van der Waals surface area contributed by atoms with Crippen LogP contribution in [0, 0.1) is 0 Å². The van der Waals surface area contributed by atoms with E-state index in [4.69, 9.17) is 0 Å². The summed E-state index contributed by atoms with van der Waals surface area (Å²) in [5, 5.41) is 10.4. The number of ether oxygens (including phenoxy) is 1. The van der Waals surface area contributed by atoms with Gasteiger partial charge < -0.3 is 10.1 Å². The van der Waals surface area contributed by atoms with Crippen molar-refractivity contribution in [2.24, 2.45) is 0 Å². The highest BCUT2D eigenvalue weighted by Gasteiger charge is 2.35. The van der Waals surface area contributed by atoms with Crippen molar-refractivity contribution in [1.29, 1.82) is 0 Å². The first kappa shape index (κ1) is 18.3. The number of nitrogens with one attached hydrogen (secondary N) is 1. The molecule has 0 unspecified atom stereocenters. The lowest BCUT2D eigenvalue weighted by Crippen LogP contribution is -2.20. The molecule has 148 valence electrons. The van der Waals surface area contributed by atoms with Crippen LogP contribution in [0.3, 0.4) is 0 Å². The zero-order valence-electron chi connectivity index (χ0n) is 14.7. The SMILES string of the molecule is O=C(Nc1cn(C2CCCCC2)nc1OC(F)(F)F)c1cnn2cccnc12. The van der Waals surface area contributed by atoms with Gasteiger partial charge in [-0.05, 0) is 18.9 Å². The molecule has 0 aliphatic heterocycles. The summed E-state index contributed by atoms with van der Waals surface area (Å²) >= 11 is 0. The van der Waals surface area contributed by atoms with Crippen LogP contribution >= 0.6 is 0 Å². The standard InChI is InChI=1S/C17H17F3N6O2/c18-17(19,20)28-16-13(10-26(24-16)11-5-2-1-3-6-11)23-15(27)12-9-22-25-8-4-7-21-14(12)25/h4,7-11H,1-3,5-6H2,(H,23,27). The Morgan fingerprint density at radius 1 is 1.25 bits per heavy atom. The molecule has 1 saturated carbocycles. The number of halogens is 3. The summed E-state index contributed by atoms with van der Waals surface area (Å²) in [6.45, 7) is 0. The maximum Gasteiger partial charge on any atom is 0.574 e. The predicted molar refractivity (Wildman–Crippen MR) is 92.0 cm³/mol. The third kappa shape index (κ3) is 3.78. The second-order valence-electron chi connectivity index (χ2n) is 6.57. The van der Waals surface area contributed by atoms with E-state index in [2.05, 4.69) is 25.2 Å². The molecule has 0 atom stereocenters. The van der Waals surface area contributed by atoms with Crippen LogP contribution in [-0.4, -0.2) is 36.6 Å². The average molecular weight is 394 g/mol. The van der Waals surface area contributed by atoms with Gasteiger partial charge in [-0.1, -0.05) is 19.3 Å². The fourth-order valence-electron chi connectivity index (χ4n) is 3.36. The van der Waals surface area contributed by atoms with Crippen LogP contribution in [-0.2, 0) is 0 Å². The van der Waals surface area contributed by atoms with E-state index in [-0.39, 0.29) is 22.9 Å². The van der Waals surface area contributed by atoms with E-state index in [1.807, 2.05) is 0 Å². The Labute approximate surface area is 157 Å². The molecule has 28 heavy (non-hydrogen) atoms. The van der Waals surface area contributed by atoms with E-state index in [0.717, 1.165) is 32.1 Å². The molecular formula is C17H17F3N6O2. The first-order valence-electron chi connectivity index (χ1n) is 8.85. The van der Waals surface area contributed by atoms with Gasteiger partial charge in [-0.15, -0.1) is 18.3 Å². The van der Waals surface area contributed by atoms with Crippen molar-refractivity contribution in [2.75, 3.05) is 5.32 Å². The van der Waals surface area contributed by atoms with E-state index < -0.39 is 18.1 Å². The van der Waals surface area contributed by atoms with Gasteiger partial charge in [0.2, 0.25) is 0 Å². The molecule has 0 radical (unpaired) electrons. The number of fused-ring (bicyclic) bond motifs is 1. The highest BCUT2D eigenvalue weighted by molar-refractivity contribution is 6.08. The van der Waals surface area contributed by atoms with Crippen molar-refractivity contribution in [2.45, 2.75) is 44.5 Å². The Morgan fingerprint density at radius 3 is 2.79 bits per heavy atom. The lowest BCUT2D eigenvalue weighted by molar-refractivity contribution is -0.276. The molecule has 3 heterocycles. The summed E-state index contributed by atoms with van der Waals surface area (Å²) in [7, 11) is 0. The largest absolute Gasteiger partial charge is 0.574 e. The van der Waals surface area contributed by atoms with Crippen LogP contribution in [0.25, 0.3) is 5.65 Å². The van der Waals surface area contributed by atoms with Gasteiger partial charge in [-0.25, -0.2) is 9.50 Å². The fraction of sp³-hybridized carbons (Fsp3) is 0.412. The second-order valence-corrected chi connectivity index (χ2v) is 6.57.